The Morgan fingerprint density at radius 3 is 2.38 bits per heavy atom. The number of carbonyl (C=O) groups is 1. The van der Waals surface area contributed by atoms with Gasteiger partial charge in [0.1, 0.15) is 0 Å². The Morgan fingerprint density at radius 2 is 1.77 bits per heavy atom. The lowest BCUT2D eigenvalue weighted by Gasteiger charge is -2.18. The molecule has 0 bridgehead atoms. The van der Waals surface area contributed by atoms with Crippen LogP contribution in [0.15, 0.2) is 29.2 Å². The van der Waals surface area contributed by atoms with Crippen LogP contribution in [-0.2, 0) is 21.4 Å². The minimum atomic E-state index is -3.38. The lowest BCUT2D eigenvalue weighted by Crippen LogP contribution is -2.34. The molecule has 0 unspecified atom stereocenters. The zero-order chi connectivity index (χ0) is 17.9. The number of sulfonamides is 1. The van der Waals surface area contributed by atoms with Crippen molar-refractivity contribution in [1.82, 2.24) is 9.62 Å². The van der Waals surface area contributed by atoms with Gasteiger partial charge in [-0.25, -0.2) is 8.42 Å². The van der Waals surface area contributed by atoms with E-state index in [0.717, 1.165) is 37.7 Å². The second kappa shape index (κ2) is 9.17. The van der Waals surface area contributed by atoms with Crippen LogP contribution in [0.4, 0.5) is 0 Å². The fraction of sp³-hybridized carbons (Fsp3) is 0.611. The van der Waals surface area contributed by atoms with Gasteiger partial charge < -0.3 is 11.1 Å². The van der Waals surface area contributed by atoms with E-state index in [0.29, 0.717) is 31.1 Å². The maximum atomic E-state index is 12.5. The van der Waals surface area contributed by atoms with Crippen LogP contribution in [0.1, 0.15) is 37.7 Å². The minimum Gasteiger partial charge on any atom is -0.352 e. The average molecular weight is 402 g/mol. The first-order chi connectivity index (χ1) is 12.0. The Morgan fingerprint density at radius 1 is 1.12 bits per heavy atom. The third-order valence-corrected chi connectivity index (χ3v) is 7.30. The highest BCUT2D eigenvalue weighted by molar-refractivity contribution is 7.89. The minimum absolute atomic E-state index is 0. The van der Waals surface area contributed by atoms with Crippen LogP contribution < -0.4 is 11.1 Å². The normalized spacial score (nSPS) is 23.6. The van der Waals surface area contributed by atoms with E-state index in [1.54, 1.807) is 24.3 Å². The number of amides is 1. The van der Waals surface area contributed by atoms with Gasteiger partial charge in [0, 0.05) is 25.6 Å². The zero-order valence-corrected chi connectivity index (χ0v) is 16.5. The SMILES string of the molecule is Cl.NC[C@H]1CCC[C@H]1C(=O)NCc1ccc(S(=O)(=O)N2CCCC2)cc1. The lowest BCUT2D eigenvalue weighted by molar-refractivity contribution is -0.126. The first-order valence-corrected chi connectivity index (χ1v) is 10.5. The van der Waals surface area contributed by atoms with Crippen LogP contribution in [0.25, 0.3) is 0 Å². The van der Waals surface area contributed by atoms with Gasteiger partial charge in [-0.05, 0) is 55.8 Å². The van der Waals surface area contributed by atoms with Crippen molar-refractivity contribution in [2.75, 3.05) is 19.6 Å². The molecule has 0 aromatic heterocycles. The zero-order valence-electron chi connectivity index (χ0n) is 14.9. The number of nitrogens with one attached hydrogen (secondary N) is 1. The van der Waals surface area contributed by atoms with E-state index in [2.05, 4.69) is 5.32 Å². The summed E-state index contributed by atoms with van der Waals surface area (Å²) < 4.78 is 26.5. The summed E-state index contributed by atoms with van der Waals surface area (Å²) in [6.07, 6.45) is 4.84. The number of benzene rings is 1. The van der Waals surface area contributed by atoms with Crippen molar-refractivity contribution in [3.05, 3.63) is 29.8 Å². The van der Waals surface area contributed by atoms with Crippen molar-refractivity contribution < 1.29 is 13.2 Å². The van der Waals surface area contributed by atoms with E-state index in [-0.39, 0.29) is 30.2 Å². The topological polar surface area (TPSA) is 92.5 Å². The van der Waals surface area contributed by atoms with Crippen molar-refractivity contribution in [2.45, 2.75) is 43.5 Å². The maximum absolute atomic E-state index is 12.5. The third kappa shape index (κ3) is 4.57. The van der Waals surface area contributed by atoms with Crippen molar-refractivity contribution in [3.63, 3.8) is 0 Å². The molecule has 1 amide bonds. The molecule has 1 aliphatic heterocycles. The maximum Gasteiger partial charge on any atom is 0.243 e. The average Bonchev–Trinajstić information content (AvgIpc) is 3.31. The number of nitrogens with two attached hydrogens (primary N) is 1. The fourth-order valence-electron chi connectivity index (χ4n) is 3.84. The quantitative estimate of drug-likeness (QED) is 0.761. The summed E-state index contributed by atoms with van der Waals surface area (Å²) in [7, 11) is -3.38. The van der Waals surface area contributed by atoms with Gasteiger partial charge in [-0.2, -0.15) is 4.31 Å². The highest BCUT2D eigenvalue weighted by Gasteiger charge is 2.31. The molecule has 1 aromatic rings. The molecule has 8 heteroatoms. The molecule has 1 saturated heterocycles. The Labute approximate surface area is 162 Å². The molecule has 1 saturated carbocycles. The number of nitrogens with zero attached hydrogens (tertiary/aromatic N) is 1. The van der Waals surface area contributed by atoms with Gasteiger partial charge in [0.2, 0.25) is 15.9 Å². The molecule has 1 aliphatic carbocycles. The van der Waals surface area contributed by atoms with Gasteiger partial charge in [-0.1, -0.05) is 18.6 Å². The molecule has 1 aromatic carbocycles. The molecule has 0 radical (unpaired) electrons. The van der Waals surface area contributed by atoms with E-state index >= 15 is 0 Å². The Bertz CT molecular complexity index is 703. The molecule has 6 nitrogen and oxygen atoms in total. The first-order valence-electron chi connectivity index (χ1n) is 9.09. The molecule has 3 rings (SSSR count). The van der Waals surface area contributed by atoms with Crippen molar-refractivity contribution in [2.24, 2.45) is 17.6 Å². The molecule has 2 atom stereocenters. The molecule has 0 spiro atoms. The van der Waals surface area contributed by atoms with Crippen LogP contribution in [0, 0.1) is 11.8 Å². The second-order valence-electron chi connectivity index (χ2n) is 7.01. The van der Waals surface area contributed by atoms with Crippen LogP contribution in [0.3, 0.4) is 0 Å². The second-order valence-corrected chi connectivity index (χ2v) is 8.94. The molecule has 1 heterocycles. The molecule has 2 aliphatic rings. The van der Waals surface area contributed by atoms with Crippen LogP contribution in [0.5, 0.6) is 0 Å². The van der Waals surface area contributed by atoms with E-state index < -0.39 is 10.0 Å². The predicted octanol–water partition coefficient (Wildman–Crippen LogP) is 1.88. The number of hydrogen-bond acceptors (Lipinski definition) is 4. The third-order valence-electron chi connectivity index (χ3n) is 5.39. The first kappa shape index (κ1) is 21.2. The summed E-state index contributed by atoms with van der Waals surface area (Å²) in [6, 6.07) is 6.82. The smallest absolute Gasteiger partial charge is 0.243 e. The summed E-state index contributed by atoms with van der Waals surface area (Å²) in [5.74, 6) is 0.356. The monoisotopic (exact) mass is 401 g/mol. The van der Waals surface area contributed by atoms with E-state index in [1.165, 1.54) is 4.31 Å². The summed E-state index contributed by atoms with van der Waals surface area (Å²) in [6.45, 7) is 2.17. The summed E-state index contributed by atoms with van der Waals surface area (Å²) in [5.41, 5.74) is 6.64. The molecule has 3 N–H and O–H groups in total. The number of carbonyl (C=O) groups excluding carboxylic acids is 1. The van der Waals surface area contributed by atoms with Gasteiger partial charge in [-0.3, -0.25) is 4.79 Å². The van der Waals surface area contributed by atoms with E-state index in [4.69, 9.17) is 5.73 Å². The van der Waals surface area contributed by atoms with Crippen LogP contribution in [0.2, 0.25) is 0 Å². The molecular weight excluding hydrogens is 374 g/mol. The van der Waals surface area contributed by atoms with Crippen LogP contribution >= 0.6 is 12.4 Å². The summed E-state index contributed by atoms with van der Waals surface area (Å²) in [4.78, 5) is 12.6. The Hall–Kier alpha value is -1.15. The molecule has 146 valence electrons. The fourth-order valence-corrected chi connectivity index (χ4v) is 5.36. The van der Waals surface area contributed by atoms with Gasteiger partial charge >= 0.3 is 0 Å². The highest BCUT2D eigenvalue weighted by Crippen LogP contribution is 2.31. The number of halogens is 1. The largest absolute Gasteiger partial charge is 0.352 e. The van der Waals surface area contributed by atoms with E-state index in [9.17, 15) is 13.2 Å². The standard InChI is InChI=1S/C18H27N3O3S.ClH/c19-12-15-4-3-5-17(15)18(22)20-13-14-6-8-16(9-7-14)25(23,24)21-10-1-2-11-21;/h6-9,15,17H,1-5,10-13,19H2,(H,20,22);1H/t15-,17-;/m1./s1. The Balaban J connectivity index is 0.00000243. The molecule has 26 heavy (non-hydrogen) atoms. The molecule has 2 fully saturated rings. The Kier molecular flexibility index (Phi) is 7.46. The number of hydrogen-bond donors (Lipinski definition) is 2. The van der Waals surface area contributed by atoms with Gasteiger partial charge in [-0.15, -0.1) is 12.4 Å². The van der Waals surface area contributed by atoms with Gasteiger partial charge in [0.25, 0.3) is 0 Å². The predicted molar refractivity (Wildman–Crippen MR) is 103 cm³/mol. The van der Waals surface area contributed by atoms with Crippen molar-refractivity contribution in [3.8, 4) is 0 Å². The van der Waals surface area contributed by atoms with E-state index in [1.807, 2.05) is 0 Å². The highest BCUT2D eigenvalue weighted by atomic mass is 35.5. The number of rotatable bonds is 6. The van der Waals surface area contributed by atoms with Crippen molar-refractivity contribution >= 4 is 28.3 Å². The summed E-state index contributed by atoms with van der Waals surface area (Å²) in [5, 5.41) is 2.96. The van der Waals surface area contributed by atoms with Crippen LogP contribution in [-0.4, -0.2) is 38.3 Å². The van der Waals surface area contributed by atoms with Gasteiger partial charge in [0.05, 0.1) is 4.90 Å². The lowest BCUT2D eigenvalue weighted by atomic mass is 9.95. The van der Waals surface area contributed by atoms with Crippen molar-refractivity contribution in [1.29, 1.82) is 0 Å². The molecular formula is C18H28ClN3O3S. The summed E-state index contributed by atoms with van der Waals surface area (Å²) >= 11 is 0. The van der Waals surface area contributed by atoms with Gasteiger partial charge in [0.15, 0.2) is 0 Å².